The number of nitrogens with one attached hydrogen (secondary N) is 1. The summed E-state index contributed by atoms with van der Waals surface area (Å²) in [5.74, 6) is 0. The minimum Gasteiger partial charge on any atom is -0.359 e. The van der Waals surface area contributed by atoms with Gasteiger partial charge in [-0.25, -0.2) is 0 Å². The topological polar surface area (TPSA) is 21.3 Å². The average molecular weight is 212 g/mol. The fraction of sp³-hybridized carbons (Fsp3) is 0.455. The Kier molecular flexibility index (Phi) is 3.27. The highest BCUT2D eigenvalue weighted by atomic mass is 35.5. The summed E-state index contributed by atoms with van der Waals surface area (Å²) in [5.41, 5.74) is 0.959. The largest absolute Gasteiger partial charge is 0.359 e. The van der Waals surface area contributed by atoms with Crippen molar-refractivity contribution in [3.63, 3.8) is 0 Å². The SMILES string of the molecule is Clc1ccccc1NC1CCCCO1. The van der Waals surface area contributed by atoms with E-state index >= 15 is 0 Å². The van der Waals surface area contributed by atoms with Gasteiger partial charge >= 0.3 is 0 Å². The number of ether oxygens (including phenoxy) is 1. The van der Waals surface area contributed by atoms with E-state index in [-0.39, 0.29) is 6.23 Å². The normalized spacial score (nSPS) is 21.9. The van der Waals surface area contributed by atoms with Crippen LogP contribution in [0.3, 0.4) is 0 Å². The van der Waals surface area contributed by atoms with Crippen LogP contribution >= 0.6 is 11.6 Å². The van der Waals surface area contributed by atoms with E-state index in [4.69, 9.17) is 16.3 Å². The Labute approximate surface area is 89.2 Å². The maximum atomic E-state index is 6.03. The molecule has 1 aliphatic rings. The number of halogens is 1. The van der Waals surface area contributed by atoms with Crippen molar-refractivity contribution in [2.45, 2.75) is 25.5 Å². The summed E-state index contributed by atoms with van der Waals surface area (Å²) in [7, 11) is 0. The molecule has 2 nitrogen and oxygen atoms in total. The van der Waals surface area contributed by atoms with Crippen molar-refractivity contribution < 1.29 is 4.74 Å². The van der Waals surface area contributed by atoms with Gasteiger partial charge in [0.05, 0.1) is 10.7 Å². The number of para-hydroxylation sites is 1. The first-order valence-corrected chi connectivity index (χ1v) is 5.37. The molecule has 1 aromatic rings. The third-order valence-corrected chi connectivity index (χ3v) is 2.70. The summed E-state index contributed by atoms with van der Waals surface area (Å²) in [6.07, 6.45) is 3.58. The second kappa shape index (κ2) is 4.67. The third kappa shape index (κ3) is 2.40. The van der Waals surface area contributed by atoms with E-state index in [1.807, 2.05) is 24.3 Å². The molecule has 0 bridgehead atoms. The standard InChI is InChI=1S/C11H14ClNO/c12-9-5-1-2-6-10(9)13-11-7-3-4-8-14-11/h1-2,5-6,11,13H,3-4,7-8H2. The predicted molar refractivity (Wildman–Crippen MR) is 58.7 cm³/mol. The summed E-state index contributed by atoms with van der Waals surface area (Å²) >= 11 is 6.03. The zero-order valence-corrected chi connectivity index (χ0v) is 8.76. The Morgan fingerprint density at radius 1 is 1.29 bits per heavy atom. The van der Waals surface area contributed by atoms with Gasteiger partial charge in [-0.2, -0.15) is 0 Å². The molecule has 1 aromatic carbocycles. The molecule has 0 radical (unpaired) electrons. The molecule has 2 rings (SSSR count). The molecule has 0 amide bonds. The lowest BCUT2D eigenvalue weighted by Gasteiger charge is -2.24. The first-order chi connectivity index (χ1) is 6.86. The van der Waals surface area contributed by atoms with Gasteiger partial charge in [-0.15, -0.1) is 0 Å². The van der Waals surface area contributed by atoms with E-state index in [1.54, 1.807) is 0 Å². The second-order valence-electron chi connectivity index (χ2n) is 3.48. The van der Waals surface area contributed by atoms with Gasteiger partial charge in [-0.05, 0) is 31.4 Å². The van der Waals surface area contributed by atoms with E-state index in [9.17, 15) is 0 Å². The summed E-state index contributed by atoms with van der Waals surface area (Å²) in [5, 5.41) is 4.05. The Morgan fingerprint density at radius 2 is 2.14 bits per heavy atom. The molecule has 14 heavy (non-hydrogen) atoms. The number of anilines is 1. The van der Waals surface area contributed by atoms with E-state index in [1.165, 1.54) is 12.8 Å². The number of hydrogen-bond acceptors (Lipinski definition) is 2. The fourth-order valence-electron chi connectivity index (χ4n) is 1.61. The van der Waals surface area contributed by atoms with Crippen molar-refractivity contribution in [1.29, 1.82) is 0 Å². The summed E-state index contributed by atoms with van der Waals surface area (Å²) in [6.45, 7) is 0.849. The van der Waals surface area contributed by atoms with E-state index in [0.29, 0.717) is 0 Å². The monoisotopic (exact) mass is 211 g/mol. The maximum Gasteiger partial charge on any atom is 0.127 e. The molecule has 1 saturated heterocycles. The van der Waals surface area contributed by atoms with Crippen LogP contribution in [0.15, 0.2) is 24.3 Å². The molecule has 1 fully saturated rings. The molecular formula is C11H14ClNO. The Balaban J connectivity index is 1.99. The predicted octanol–water partition coefficient (Wildman–Crippen LogP) is 3.28. The highest BCUT2D eigenvalue weighted by molar-refractivity contribution is 6.33. The Hall–Kier alpha value is -0.730. The van der Waals surface area contributed by atoms with Gasteiger partial charge in [0.25, 0.3) is 0 Å². The molecule has 1 atom stereocenters. The molecule has 0 saturated carbocycles. The van der Waals surface area contributed by atoms with Gasteiger partial charge in [0.1, 0.15) is 6.23 Å². The van der Waals surface area contributed by atoms with Gasteiger partial charge in [0.2, 0.25) is 0 Å². The molecule has 3 heteroatoms. The van der Waals surface area contributed by atoms with Gasteiger partial charge in [-0.3, -0.25) is 0 Å². The van der Waals surface area contributed by atoms with Crippen LogP contribution in [0.1, 0.15) is 19.3 Å². The van der Waals surface area contributed by atoms with Crippen LogP contribution in [0.2, 0.25) is 5.02 Å². The molecule has 0 aliphatic carbocycles. The zero-order valence-electron chi connectivity index (χ0n) is 8.00. The number of benzene rings is 1. The van der Waals surface area contributed by atoms with Crippen LogP contribution in [-0.4, -0.2) is 12.8 Å². The van der Waals surface area contributed by atoms with Crippen molar-refractivity contribution >= 4 is 17.3 Å². The minimum atomic E-state index is 0.128. The summed E-state index contributed by atoms with van der Waals surface area (Å²) in [6, 6.07) is 7.75. The lowest BCUT2D eigenvalue weighted by molar-refractivity contribution is 0.0343. The fourth-order valence-corrected chi connectivity index (χ4v) is 1.80. The molecule has 1 heterocycles. The van der Waals surface area contributed by atoms with Crippen molar-refractivity contribution in [3.8, 4) is 0 Å². The van der Waals surface area contributed by atoms with Gasteiger partial charge < -0.3 is 10.1 Å². The molecule has 1 N–H and O–H groups in total. The second-order valence-corrected chi connectivity index (χ2v) is 3.89. The van der Waals surface area contributed by atoms with Crippen molar-refractivity contribution in [1.82, 2.24) is 0 Å². The Morgan fingerprint density at radius 3 is 2.86 bits per heavy atom. The highest BCUT2D eigenvalue weighted by Gasteiger charge is 2.13. The van der Waals surface area contributed by atoms with Crippen molar-refractivity contribution in [2.24, 2.45) is 0 Å². The van der Waals surface area contributed by atoms with Gasteiger partial charge in [0, 0.05) is 6.61 Å². The van der Waals surface area contributed by atoms with Crippen molar-refractivity contribution in [2.75, 3.05) is 11.9 Å². The molecule has 1 unspecified atom stereocenters. The smallest absolute Gasteiger partial charge is 0.127 e. The lowest BCUT2D eigenvalue weighted by atomic mass is 10.2. The molecule has 0 aromatic heterocycles. The van der Waals surface area contributed by atoms with Crippen LogP contribution < -0.4 is 5.32 Å². The quantitative estimate of drug-likeness (QED) is 0.811. The molecule has 76 valence electrons. The molecule has 0 spiro atoms. The van der Waals surface area contributed by atoms with Gasteiger partial charge in [-0.1, -0.05) is 23.7 Å². The zero-order chi connectivity index (χ0) is 9.80. The van der Waals surface area contributed by atoms with E-state index < -0.39 is 0 Å². The first kappa shape index (κ1) is 9.81. The van der Waals surface area contributed by atoms with Crippen molar-refractivity contribution in [3.05, 3.63) is 29.3 Å². The maximum absolute atomic E-state index is 6.03. The first-order valence-electron chi connectivity index (χ1n) is 4.99. The van der Waals surface area contributed by atoms with E-state index in [0.717, 1.165) is 23.7 Å². The minimum absolute atomic E-state index is 0.128. The van der Waals surface area contributed by atoms with Crippen LogP contribution in [0.5, 0.6) is 0 Å². The lowest BCUT2D eigenvalue weighted by Crippen LogP contribution is -2.27. The summed E-state index contributed by atoms with van der Waals surface area (Å²) < 4.78 is 5.57. The average Bonchev–Trinajstić information content (AvgIpc) is 2.23. The van der Waals surface area contributed by atoms with Crippen LogP contribution in [-0.2, 0) is 4.74 Å². The van der Waals surface area contributed by atoms with E-state index in [2.05, 4.69) is 5.32 Å². The van der Waals surface area contributed by atoms with Crippen LogP contribution in [0.25, 0.3) is 0 Å². The van der Waals surface area contributed by atoms with Crippen LogP contribution in [0.4, 0.5) is 5.69 Å². The van der Waals surface area contributed by atoms with Gasteiger partial charge in [0.15, 0.2) is 0 Å². The third-order valence-electron chi connectivity index (χ3n) is 2.37. The summed E-state index contributed by atoms with van der Waals surface area (Å²) in [4.78, 5) is 0. The molecular weight excluding hydrogens is 198 g/mol. The van der Waals surface area contributed by atoms with Crippen LogP contribution in [0, 0.1) is 0 Å². The number of rotatable bonds is 2. The molecule has 1 aliphatic heterocycles. The Bertz CT molecular complexity index is 297. The highest BCUT2D eigenvalue weighted by Crippen LogP contribution is 2.23. The number of hydrogen-bond donors (Lipinski definition) is 1.